The molecule has 130 valence electrons. The Labute approximate surface area is 145 Å². The van der Waals surface area contributed by atoms with Gasteiger partial charge in [0.15, 0.2) is 0 Å². The molecule has 0 radical (unpaired) electrons. The monoisotopic (exact) mass is 340 g/mol. The normalized spacial score (nSPS) is 15.0. The molecule has 1 amide bonds. The maximum Gasteiger partial charge on any atom is 0.249 e. The lowest BCUT2D eigenvalue weighted by atomic mass is 10.2. The van der Waals surface area contributed by atoms with Crippen molar-refractivity contribution in [2.75, 3.05) is 26.3 Å². The van der Waals surface area contributed by atoms with Crippen LogP contribution in [-0.4, -0.2) is 51.9 Å². The summed E-state index contributed by atoms with van der Waals surface area (Å²) in [6, 6.07) is 7.95. The molecule has 1 aliphatic rings. The lowest BCUT2D eigenvalue weighted by Crippen LogP contribution is -2.42. The molecule has 0 atom stereocenters. The van der Waals surface area contributed by atoms with Crippen LogP contribution in [0.1, 0.15) is 12.8 Å². The van der Waals surface area contributed by atoms with E-state index in [2.05, 4.69) is 10.2 Å². The highest BCUT2D eigenvalue weighted by Gasteiger charge is 2.20. The van der Waals surface area contributed by atoms with Crippen molar-refractivity contribution in [1.82, 2.24) is 19.7 Å². The largest absolute Gasteiger partial charge is 0.421 e. The van der Waals surface area contributed by atoms with Crippen molar-refractivity contribution < 1.29 is 13.9 Å². The smallest absolute Gasteiger partial charge is 0.249 e. The van der Waals surface area contributed by atoms with Crippen LogP contribution in [0, 0.1) is 0 Å². The minimum absolute atomic E-state index is 0.0929. The number of carbonyl (C=O) groups excluding carboxylic acids is 1. The van der Waals surface area contributed by atoms with Gasteiger partial charge in [0, 0.05) is 36.6 Å². The van der Waals surface area contributed by atoms with Gasteiger partial charge in [-0.1, -0.05) is 25.1 Å². The number of aryl methyl sites for hydroxylation is 1. The molecule has 4 rings (SSSR count). The van der Waals surface area contributed by atoms with E-state index >= 15 is 0 Å². The van der Waals surface area contributed by atoms with Gasteiger partial charge in [0.05, 0.1) is 18.8 Å². The summed E-state index contributed by atoms with van der Waals surface area (Å²) in [7, 11) is 0. The Morgan fingerprint density at radius 3 is 2.76 bits per heavy atom. The zero-order valence-electron chi connectivity index (χ0n) is 14.1. The number of benzene rings is 1. The van der Waals surface area contributed by atoms with Crippen molar-refractivity contribution in [3.05, 3.63) is 36.4 Å². The number of carbonyl (C=O) groups is 1. The van der Waals surface area contributed by atoms with Gasteiger partial charge in [0.25, 0.3) is 0 Å². The van der Waals surface area contributed by atoms with E-state index in [0.717, 1.165) is 16.5 Å². The molecule has 25 heavy (non-hydrogen) atoms. The summed E-state index contributed by atoms with van der Waals surface area (Å²) < 4.78 is 13.0. The van der Waals surface area contributed by atoms with Gasteiger partial charge >= 0.3 is 0 Å². The maximum atomic E-state index is 12.6. The lowest BCUT2D eigenvalue weighted by molar-refractivity contribution is -0.135. The third kappa shape index (κ3) is 3.02. The van der Waals surface area contributed by atoms with E-state index in [9.17, 15) is 4.79 Å². The minimum atomic E-state index is 0.0929. The van der Waals surface area contributed by atoms with Crippen LogP contribution in [0.15, 0.2) is 34.9 Å². The van der Waals surface area contributed by atoms with Gasteiger partial charge in [-0.2, -0.15) is 0 Å². The maximum absolute atomic E-state index is 12.6. The van der Waals surface area contributed by atoms with E-state index < -0.39 is 0 Å². The molecule has 1 saturated heterocycles. The van der Waals surface area contributed by atoms with Crippen LogP contribution in [-0.2, 0) is 22.5 Å². The minimum Gasteiger partial charge on any atom is -0.421 e. The Balaban J connectivity index is 1.68. The van der Waals surface area contributed by atoms with Gasteiger partial charge in [0.2, 0.25) is 17.7 Å². The molecule has 0 saturated carbocycles. The molecule has 3 heterocycles. The molecule has 0 N–H and O–H groups in total. The molecule has 1 aliphatic heterocycles. The topological polar surface area (TPSA) is 73.4 Å². The number of amides is 1. The summed E-state index contributed by atoms with van der Waals surface area (Å²) in [5.74, 6) is 1.19. The van der Waals surface area contributed by atoms with Gasteiger partial charge in [-0.25, -0.2) is 0 Å². The van der Waals surface area contributed by atoms with E-state index in [1.807, 2.05) is 46.9 Å². The Kier molecular flexibility index (Phi) is 4.23. The molecule has 0 aliphatic carbocycles. The Bertz CT molecular complexity index is 893. The first-order chi connectivity index (χ1) is 12.3. The molecular formula is C18H20N4O3. The fourth-order valence-corrected chi connectivity index (χ4v) is 3.11. The standard InChI is InChI=1S/C18H20N4O3/c1-2-16-19-20-18(25-16)14-11-22(15-6-4-3-5-13(14)15)12-17(23)21-7-9-24-10-8-21/h3-6,11H,2,7-10,12H2,1H3. The van der Waals surface area contributed by atoms with E-state index in [1.54, 1.807) is 0 Å². The average Bonchev–Trinajstić information content (AvgIpc) is 3.27. The fraction of sp³-hybridized carbons (Fsp3) is 0.389. The molecule has 1 aromatic carbocycles. The molecule has 3 aromatic rings. The SMILES string of the molecule is CCc1nnc(-c2cn(CC(=O)N3CCOCC3)c3ccccc23)o1. The average molecular weight is 340 g/mol. The number of hydrogen-bond acceptors (Lipinski definition) is 5. The summed E-state index contributed by atoms with van der Waals surface area (Å²) in [5.41, 5.74) is 1.84. The highest BCUT2D eigenvalue weighted by molar-refractivity contribution is 5.94. The second-order valence-corrected chi connectivity index (χ2v) is 6.04. The molecule has 1 fully saturated rings. The second-order valence-electron chi connectivity index (χ2n) is 6.04. The van der Waals surface area contributed by atoms with Crippen molar-refractivity contribution in [2.24, 2.45) is 0 Å². The van der Waals surface area contributed by atoms with Crippen molar-refractivity contribution in [2.45, 2.75) is 19.9 Å². The lowest BCUT2D eigenvalue weighted by Gasteiger charge is -2.27. The van der Waals surface area contributed by atoms with Crippen LogP contribution in [0.3, 0.4) is 0 Å². The Morgan fingerprint density at radius 1 is 1.20 bits per heavy atom. The van der Waals surface area contributed by atoms with E-state index in [0.29, 0.717) is 44.5 Å². The zero-order valence-corrected chi connectivity index (χ0v) is 14.1. The predicted molar refractivity (Wildman–Crippen MR) is 92.0 cm³/mol. The van der Waals surface area contributed by atoms with Crippen LogP contribution in [0.2, 0.25) is 0 Å². The van der Waals surface area contributed by atoms with Gasteiger partial charge in [0.1, 0.15) is 6.54 Å². The van der Waals surface area contributed by atoms with Crippen LogP contribution >= 0.6 is 0 Å². The first-order valence-corrected chi connectivity index (χ1v) is 8.52. The number of ether oxygens (including phenoxy) is 1. The third-order valence-electron chi connectivity index (χ3n) is 4.46. The van der Waals surface area contributed by atoms with Crippen LogP contribution < -0.4 is 0 Å². The van der Waals surface area contributed by atoms with Crippen molar-refractivity contribution >= 4 is 16.8 Å². The third-order valence-corrected chi connectivity index (χ3v) is 4.46. The number of morpholine rings is 1. The summed E-state index contributed by atoms with van der Waals surface area (Å²) in [6.07, 6.45) is 2.62. The van der Waals surface area contributed by atoms with Crippen LogP contribution in [0.4, 0.5) is 0 Å². The second kappa shape index (κ2) is 6.68. The van der Waals surface area contributed by atoms with E-state index in [1.165, 1.54) is 0 Å². The molecular weight excluding hydrogens is 320 g/mol. The number of fused-ring (bicyclic) bond motifs is 1. The number of rotatable bonds is 4. The van der Waals surface area contributed by atoms with Crippen molar-refractivity contribution in [1.29, 1.82) is 0 Å². The number of aromatic nitrogens is 3. The Hall–Kier alpha value is -2.67. The molecule has 0 bridgehead atoms. The van der Waals surface area contributed by atoms with Gasteiger partial charge in [-0.15, -0.1) is 10.2 Å². The fourth-order valence-electron chi connectivity index (χ4n) is 3.11. The summed E-state index contributed by atoms with van der Waals surface area (Å²) in [5, 5.41) is 9.20. The van der Waals surface area contributed by atoms with Crippen LogP contribution in [0.5, 0.6) is 0 Å². The van der Waals surface area contributed by atoms with Gasteiger partial charge in [-0.05, 0) is 6.07 Å². The first kappa shape index (κ1) is 15.8. The predicted octanol–water partition coefficient (Wildman–Crippen LogP) is 2.11. The highest BCUT2D eigenvalue weighted by atomic mass is 16.5. The summed E-state index contributed by atoms with van der Waals surface area (Å²) in [6.45, 7) is 4.76. The number of para-hydroxylation sites is 1. The molecule has 7 heteroatoms. The van der Waals surface area contributed by atoms with Crippen LogP contribution in [0.25, 0.3) is 22.4 Å². The van der Waals surface area contributed by atoms with Gasteiger partial charge < -0.3 is 18.6 Å². The molecule has 2 aromatic heterocycles. The van der Waals surface area contributed by atoms with Crippen molar-refractivity contribution in [3.8, 4) is 11.5 Å². The first-order valence-electron chi connectivity index (χ1n) is 8.52. The molecule has 0 unspecified atom stereocenters. The molecule has 7 nitrogen and oxygen atoms in total. The quantitative estimate of drug-likeness (QED) is 0.727. The number of nitrogens with zero attached hydrogens (tertiary/aromatic N) is 4. The highest BCUT2D eigenvalue weighted by Crippen LogP contribution is 2.30. The number of hydrogen-bond donors (Lipinski definition) is 0. The van der Waals surface area contributed by atoms with E-state index in [4.69, 9.17) is 9.15 Å². The van der Waals surface area contributed by atoms with Crippen molar-refractivity contribution in [3.63, 3.8) is 0 Å². The van der Waals surface area contributed by atoms with E-state index in [-0.39, 0.29) is 12.5 Å². The van der Waals surface area contributed by atoms with Gasteiger partial charge in [-0.3, -0.25) is 4.79 Å². The summed E-state index contributed by atoms with van der Waals surface area (Å²) >= 11 is 0. The Morgan fingerprint density at radius 2 is 2.00 bits per heavy atom. The summed E-state index contributed by atoms with van der Waals surface area (Å²) in [4.78, 5) is 14.5. The zero-order chi connectivity index (χ0) is 17.2. The molecule has 0 spiro atoms.